The van der Waals surface area contributed by atoms with E-state index in [4.69, 9.17) is 4.74 Å². The summed E-state index contributed by atoms with van der Waals surface area (Å²) in [5, 5.41) is 9.98. The molecular formula is C19H19N3O3. The number of hydrogen-bond donors (Lipinski definition) is 2. The second kappa shape index (κ2) is 7.17. The number of nitrogens with zero attached hydrogens (tertiary/aromatic N) is 1. The first-order chi connectivity index (χ1) is 12.1. The molecule has 6 nitrogen and oxygen atoms in total. The molecule has 3 aromatic rings. The van der Waals surface area contributed by atoms with Gasteiger partial charge in [-0.05, 0) is 31.0 Å². The minimum atomic E-state index is -0.349. The van der Waals surface area contributed by atoms with Crippen LogP contribution in [0.15, 0.2) is 47.3 Å². The van der Waals surface area contributed by atoms with Crippen molar-refractivity contribution < 1.29 is 9.53 Å². The van der Waals surface area contributed by atoms with E-state index in [1.54, 1.807) is 24.3 Å². The van der Waals surface area contributed by atoms with Crippen LogP contribution < -0.4 is 15.6 Å². The summed E-state index contributed by atoms with van der Waals surface area (Å²) >= 11 is 0. The van der Waals surface area contributed by atoms with Crippen molar-refractivity contribution in [1.82, 2.24) is 15.5 Å². The summed E-state index contributed by atoms with van der Waals surface area (Å²) in [6.07, 6.45) is 0. The van der Waals surface area contributed by atoms with Gasteiger partial charge in [0.2, 0.25) is 0 Å². The Bertz CT molecular complexity index is 959. The Kier molecular flexibility index (Phi) is 4.79. The van der Waals surface area contributed by atoms with Crippen LogP contribution in [0.1, 0.15) is 21.6 Å². The van der Waals surface area contributed by atoms with E-state index in [0.717, 1.165) is 16.9 Å². The first-order valence-electron chi connectivity index (χ1n) is 8.02. The fourth-order valence-electron chi connectivity index (χ4n) is 2.72. The van der Waals surface area contributed by atoms with Crippen molar-refractivity contribution >= 4 is 16.7 Å². The topological polar surface area (TPSA) is 84.1 Å². The molecule has 0 fully saturated rings. The second-order valence-electron chi connectivity index (χ2n) is 5.77. The SMILES string of the molecule is Cc1cccc(C)c1OCCNC(=O)c1n[nH]c(=O)c2ccccc12. The van der Waals surface area contributed by atoms with Gasteiger partial charge in [-0.3, -0.25) is 9.59 Å². The summed E-state index contributed by atoms with van der Waals surface area (Å²) in [4.78, 5) is 24.1. The van der Waals surface area contributed by atoms with E-state index < -0.39 is 0 Å². The number of aryl methyl sites for hydroxylation is 2. The fourth-order valence-corrected chi connectivity index (χ4v) is 2.72. The van der Waals surface area contributed by atoms with Gasteiger partial charge in [0, 0.05) is 5.39 Å². The van der Waals surface area contributed by atoms with E-state index in [0.29, 0.717) is 23.9 Å². The molecule has 2 aromatic carbocycles. The van der Waals surface area contributed by atoms with Crippen molar-refractivity contribution in [3.05, 3.63) is 69.6 Å². The van der Waals surface area contributed by atoms with Gasteiger partial charge in [-0.2, -0.15) is 5.10 Å². The molecule has 2 N–H and O–H groups in total. The highest BCUT2D eigenvalue weighted by molar-refractivity contribution is 6.04. The maximum absolute atomic E-state index is 12.4. The zero-order chi connectivity index (χ0) is 17.8. The lowest BCUT2D eigenvalue weighted by atomic mass is 10.1. The van der Waals surface area contributed by atoms with Gasteiger partial charge < -0.3 is 10.1 Å². The number of para-hydroxylation sites is 1. The summed E-state index contributed by atoms with van der Waals surface area (Å²) in [7, 11) is 0. The van der Waals surface area contributed by atoms with Gasteiger partial charge in [-0.1, -0.05) is 36.4 Å². The van der Waals surface area contributed by atoms with Crippen LogP contribution in [0, 0.1) is 13.8 Å². The van der Waals surface area contributed by atoms with Crippen LogP contribution in [-0.2, 0) is 0 Å². The van der Waals surface area contributed by atoms with Crippen molar-refractivity contribution in [3.63, 3.8) is 0 Å². The number of aromatic nitrogens is 2. The van der Waals surface area contributed by atoms with E-state index >= 15 is 0 Å². The average molecular weight is 337 g/mol. The lowest BCUT2D eigenvalue weighted by molar-refractivity contribution is 0.0943. The molecule has 6 heteroatoms. The quantitative estimate of drug-likeness (QED) is 0.700. The van der Waals surface area contributed by atoms with Gasteiger partial charge >= 0.3 is 0 Å². The van der Waals surface area contributed by atoms with E-state index in [1.807, 2.05) is 32.0 Å². The Labute approximate surface area is 144 Å². The Balaban J connectivity index is 1.66. The highest BCUT2D eigenvalue weighted by atomic mass is 16.5. The number of nitrogens with one attached hydrogen (secondary N) is 2. The molecule has 0 atom stereocenters. The maximum atomic E-state index is 12.4. The largest absolute Gasteiger partial charge is 0.491 e. The zero-order valence-electron chi connectivity index (χ0n) is 14.1. The molecule has 0 aliphatic carbocycles. The predicted molar refractivity (Wildman–Crippen MR) is 96.1 cm³/mol. The van der Waals surface area contributed by atoms with Crippen molar-refractivity contribution in [1.29, 1.82) is 0 Å². The summed E-state index contributed by atoms with van der Waals surface area (Å²) in [5.41, 5.74) is 1.99. The van der Waals surface area contributed by atoms with Gasteiger partial charge in [0.25, 0.3) is 11.5 Å². The van der Waals surface area contributed by atoms with Gasteiger partial charge in [0.05, 0.1) is 11.9 Å². The monoisotopic (exact) mass is 337 g/mol. The number of benzene rings is 2. The molecule has 1 aromatic heterocycles. The summed E-state index contributed by atoms with van der Waals surface area (Å²) in [5.74, 6) is 0.488. The predicted octanol–water partition coefficient (Wildman–Crippen LogP) is 2.35. The zero-order valence-corrected chi connectivity index (χ0v) is 14.1. The molecule has 0 aliphatic rings. The van der Waals surface area contributed by atoms with Crippen LogP contribution >= 0.6 is 0 Å². The number of aromatic amines is 1. The number of carbonyl (C=O) groups excluding carboxylic acids is 1. The van der Waals surface area contributed by atoms with Crippen LogP contribution in [0.2, 0.25) is 0 Å². The number of amides is 1. The van der Waals surface area contributed by atoms with E-state index in [-0.39, 0.29) is 17.2 Å². The third kappa shape index (κ3) is 3.52. The van der Waals surface area contributed by atoms with Crippen molar-refractivity contribution in [3.8, 4) is 5.75 Å². The number of fused-ring (bicyclic) bond motifs is 1. The molecule has 128 valence electrons. The number of carbonyl (C=O) groups is 1. The first-order valence-corrected chi connectivity index (χ1v) is 8.02. The Hall–Kier alpha value is -3.15. The van der Waals surface area contributed by atoms with Crippen LogP contribution in [0.4, 0.5) is 0 Å². The molecule has 3 rings (SSSR count). The molecule has 1 heterocycles. The Morgan fingerprint density at radius 3 is 2.48 bits per heavy atom. The summed E-state index contributed by atoms with van der Waals surface area (Å²) < 4.78 is 5.77. The molecule has 0 saturated carbocycles. The third-order valence-electron chi connectivity index (χ3n) is 3.95. The molecule has 25 heavy (non-hydrogen) atoms. The first kappa shape index (κ1) is 16.7. The van der Waals surface area contributed by atoms with Gasteiger partial charge in [0.15, 0.2) is 5.69 Å². The standard InChI is InChI=1S/C19H19N3O3/c1-12-6-5-7-13(2)17(12)25-11-10-20-19(24)16-14-8-3-4-9-15(14)18(23)22-21-16/h3-9H,10-11H2,1-2H3,(H,20,24)(H,22,23). The number of ether oxygens (including phenoxy) is 1. The Morgan fingerprint density at radius 2 is 1.76 bits per heavy atom. The van der Waals surface area contributed by atoms with Crippen LogP contribution in [-0.4, -0.2) is 29.3 Å². The van der Waals surface area contributed by atoms with Crippen LogP contribution in [0.25, 0.3) is 10.8 Å². The number of rotatable bonds is 5. The van der Waals surface area contributed by atoms with Gasteiger partial charge in [-0.15, -0.1) is 0 Å². The lowest BCUT2D eigenvalue weighted by Crippen LogP contribution is -2.30. The maximum Gasteiger partial charge on any atom is 0.272 e. The van der Waals surface area contributed by atoms with Crippen LogP contribution in [0.3, 0.4) is 0 Å². The molecule has 0 bridgehead atoms. The van der Waals surface area contributed by atoms with E-state index in [1.165, 1.54) is 0 Å². The van der Waals surface area contributed by atoms with Gasteiger partial charge in [-0.25, -0.2) is 5.10 Å². The number of H-pyrrole nitrogens is 1. The van der Waals surface area contributed by atoms with Crippen LogP contribution in [0.5, 0.6) is 5.75 Å². The fraction of sp³-hybridized carbons (Fsp3) is 0.211. The third-order valence-corrected chi connectivity index (χ3v) is 3.95. The average Bonchev–Trinajstić information content (AvgIpc) is 2.61. The molecule has 0 unspecified atom stereocenters. The van der Waals surface area contributed by atoms with Crippen molar-refractivity contribution in [2.75, 3.05) is 13.2 Å². The highest BCUT2D eigenvalue weighted by Gasteiger charge is 2.13. The summed E-state index contributed by atoms with van der Waals surface area (Å²) in [6, 6.07) is 12.8. The van der Waals surface area contributed by atoms with Gasteiger partial charge in [0.1, 0.15) is 12.4 Å². The van der Waals surface area contributed by atoms with Crippen molar-refractivity contribution in [2.45, 2.75) is 13.8 Å². The molecular weight excluding hydrogens is 318 g/mol. The highest BCUT2D eigenvalue weighted by Crippen LogP contribution is 2.21. The molecule has 0 saturated heterocycles. The Morgan fingerprint density at radius 1 is 1.08 bits per heavy atom. The second-order valence-corrected chi connectivity index (χ2v) is 5.77. The smallest absolute Gasteiger partial charge is 0.272 e. The molecule has 1 amide bonds. The lowest BCUT2D eigenvalue weighted by Gasteiger charge is -2.12. The molecule has 0 aliphatic heterocycles. The number of hydrogen-bond acceptors (Lipinski definition) is 4. The van der Waals surface area contributed by atoms with Crippen molar-refractivity contribution in [2.24, 2.45) is 0 Å². The molecule has 0 spiro atoms. The summed E-state index contributed by atoms with van der Waals surface area (Å²) in [6.45, 7) is 4.65. The minimum absolute atomic E-state index is 0.197. The normalized spacial score (nSPS) is 10.6. The van der Waals surface area contributed by atoms with E-state index in [9.17, 15) is 9.59 Å². The van der Waals surface area contributed by atoms with E-state index in [2.05, 4.69) is 15.5 Å². The molecule has 0 radical (unpaired) electrons. The minimum Gasteiger partial charge on any atom is -0.491 e.